The molecule has 5 rings (SSSR count). The maximum absolute atomic E-state index is 14.3. The minimum Gasteiger partial charge on any atom is -0.465 e. The number of benzene rings is 2. The molecule has 0 bridgehead atoms. The lowest BCUT2D eigenvalue weighted by molar-refractivity contribution is -0.353. The van der Waals surface area contributed by atoms with E-state index in [1.165, 1.54) is 31.4 Å². The van der Waals surface area contributed by atoms with E-state index < -0.39 is 153 Å². The van der Waals surface area contributed by atoms with Crippen LogP contribution in [0, 0.1) is 0 Å². The molecule has 0 aromatic heterocycles. The molecule has 366 valence electrons. The van der Waals surface area contributed by atoms with E-state index in [1.54, 1.807) is 36.4 Å². The molecule has 3 heterocycles. The minimum absolute atomic E-state index is 0.138. The van der Waals surface area contributed by atoms with Crippen molar-refractivity contribution in [1.29, 1.82) is 0 Å². The van der Waals surface area contributed by atoms with Gasteiger partial charge >= 0.3 is 47.8 Å². The van der Waals surface area contributed by atoms with Crippen molar-refractivity contribution in [3.63, 3.8) is 0 Å². The summed E-state index contributed by atoms with van der Waals surface area (Å²) in [4.78, 5) is 103. The highest BCUT2D eigenvalue weighted by Crippen LogP contribution is 2.42. The molecule has 3 aliphatic heterocycles. The monoisotopic (exact) mass is 948 g/mol. The summed E-state index contributed by atoms with van der Waals surface area (Å²) in [5.41, 5.74) is 0.354. The van der Waals surface area contributed by atoms with Gasteiger partial charge in [0.05, 0.1) is 24.7 Å². The molecule has 13 atom stereocenters. The van der Waals surface area contributed by atoms with Crippen LogP contribution in [0.1, 0.15) is 61.8 Å². The number of hydrogen-bond donors (Lipinski definition) is 1. The first-order valence-corrected chi connectivity index (χ1v) is 20.7. The van der Waals surface area contributed by atoms with Crippen LogP contribution in [-0.2, 0) is 95.1 Å². The topological polar surface area (TPSA) is 286 Å². The quantitative estimate of drug-likeness (QED) is 0.151. The second-order valence-corrected chi connectivity index (χ2v) is 15.2. The lowest BCUT2D eigenvalue weighted by Gasteiger charge is -2.48. The number of esters is 8. The van der Waals surface area contributed by atoms with Gasteiger partial charge in [0.1, 0.15) is 56.4 Å². The molecule has 2 aromatic carbocycles. The van der Waals surface area contributed by atoms with Gasteiger partial charge < -0.3 is 71.4 Å². The highest BCUT2D eigenvalue weighted by atomic mass is 16.8. The molecule has 3 fully saturated rings. The number of hydrogen-bond acceptors (Lipinski definition) is 23. The van der Waals surface area contributed by atoms with Crippen molar-refractivity contribution in [1.82, 2.24) is 0 Å². The number of rotatable bonds is 19. The van der Waals surface area contributed by atoms with Crippen molar-refractivity contribution in [3.05, 3.63) is 71.8 Å². The Labute approximate surface area is 383 Å². The summed E-state index contributed by atoms with van der Waals surface area (Å²) in [5, 5.41) is 11.6. The Bertz CT molecular complexity index is 2060. The zero-order valence-corrected chi connectivity index (χ0v) is 37.5. The van der Waals surface area contributed by atoms with E-state index in [1.807, 2.05) is 0 Å². The van der Waals surface area contributed by atoms with Gasteiger partial charge in [-0.2, -0.15) is 0 Å². The maximum Gasteiger partial charge on any atom is 0.366 e. The molecule has 0 aliphatic carbocycles. The predicted octanol–water partition coefficient (Wildman–Crippen LogP) is 0.876. The smallest absolute Gasteiger partial charge is 0.366 e. The molecule has 3 saturated heterocycles. The molecule has 2 aromatic rings. The first kappa shape index (κ1) is 51.9. The summed E-state index contributed by atoms with van der Waals surface area (Å²) < 4.78 is 80.2. The van der Waals surface area contributed by atoms with Crippen LogP contribution in [0.25, 0.3) is 0 Å². The number of methoxy groups -OCH3 is 2. The summed E-state index contributed by atoms with van der Waals surface area (Å²) in [6, 6.07) is 15.8. The van der Waals surface area contributed by atoms with Crippen LogP contribution >= 0.6 is 0 Å². The van der Waals surface area contributed by atoms with Crippen molar-refractivity contribution in [2.45, 2.75) is 120 Å². The van der Waals surface area contributed by atoms with E-state index in [-0.39, 0.29) is 11.1 Å². The van der Waals surface area contributed by atoms with Crippen LogP contribution in [0.2, 0.25) is 0 Å². The Morgan fingerprint density at radius 1 is 0.642 bits per heavy atom. The zero-order chi connectivity index (χ0) is 49.0. The normalized spacial score (nSPS) is 29.3. The average molecular weight is 949 g/mol. The Balaban J connectivity index is 1.58. The van der Waals surface area contributed by atoms with E-state index in [9.17, 15) is 43.5 Å². The SMILES string of the molecule is COC(=O)[C@@]1(O[C@@H]2[C@@H](O[C@@H]3[C@@H](OC)O[C@H](COC(=O)c4ccccc4)[C@H]3O)O[C@H](COC(=O)c3ccccc3)[C@H]2OC(C)=O)C[C@@H](OC(C)=O)[C@H](OC(C)=O)[C@H]([C@H](COC(C)=O)OC(C)=O)O1. The van der Waals surface area contributed by atoms with Gasteiger partial charge in [0, 0.05) is 41.7 Å². The van der Waals surface area contributed by atoms with Gasteiger partial charge in [-0.15, -0.1) is 0 Å². The summed E-state index contributed by atoms with van der Waals surface area (Å²) in [7, 11) is 2.15. The van der Waals surface area contributed by atoms with Gasteiger partial charge in [-0.05, 0) is 24.3 Å². The Kier molecular flexibility index (Phi) is 18.3. The third kappa shape index (κ3) is 13.5. The number of aliphatic hydroxyl groups excluding tert-OH is 1. The van der Waals surface area contributed by atoms with Crippen molar-refractivity contribution in [3.8, 4) is 0 Å². The first-order chi connectivity index (χ1) is 31.9. The highest BCUT2D eigenvalue weighted by molar-refractivity contribution is 5.89. The first-order valence-electron chi connectivity index (χ1n) is 20.7. The molecular formula is C44H52O23. The molecule has 67 heavy (non-hydrogen) atoms. The van der Waals surface area contributed by atoms with E-state index in [4.69, 9.17) is 66.3 Å². The molecule has 23 nitrogen and oxygen atoms in total. The van der Waals surface area contributed by atoms with Crippen LogP contribution in [0.4, 0.5) is 0 Å². The number of aliphatic hydroxyl groups is 1. The Morgan fingerprint density at radius 3 is 1.69 bits per heavy atom. The lowest BCUT2D eigenvalue weighted by Crippen LogP contribution is -2.66. The van der Waals surface area contributed by atoms with E-state index in [0.29, 0.717) is 0 Å². The molecule has 0 radical (unpaired) electrons. The van der Waals surface area contributed by atoms with Crippen LogP contribution in [0.15, 0.2) is 60.7 Å². The largest absolute Gasteiger partial charge is 0.465 e. The third-order valence-electron chi connectivity index (χ3n) is 10.2. The second kappa shape index (κ2) is 23.6. The number of carbonyl (C=O) groups excluding carboxylic acids is 8. The van der Waals surface area contributed by atoms with Crippen LogP contribution < -0.4 is 0 Å². The fraction of sp³-hybridized carbons (Fsp3) is 0.545. The molecule has 1 N–H and O–H groups in total. The molecule has 0 spiro atoms. The van der Waals surface area contributed by atoms with Crippen LogP contribution in [0.3, 0.4) is 0 Å². The van der Waals surface area contributed by atoms with Crippen LogP contribution in [0.5, 0.6) is 0 Å². The molecule has 0 saturated carbocycles. The summed E-state index contributed by atoms with van der Waals surface area (Å²) in [5.74, 6) is -10.4. The van der Waals surface area contributed by atoms with Gasteiger partial charge in [-0.1, -0.05) is 36.4 Å². The molecule has 23 heteroatoms. The van der Waals surface area contributed by atoms with Crippen molar-refractivity contribution in [2.24, 2.45) is 0 Å². The maximum atomic E-state index is 14.3. The van der Waals surface area contributed by atoms with E-state index in [0.717, 1.165) is 41.7 Å². The molecular weight excluding hydrogens is 896 g/mol. The summed E-state index contributed by atoms with van der Waals surface area (Å²) in [6.07, 6.45) is -20.6. The second-order valence-electron chi connectivity index (χ2n) is 15.2. The highest BCUT2D eigenvalue weighted by Gasteiger charge is 2.63. The fourth-order valence-corrected chi connectivity index (χ4v) is 7.47. The predicted molar refractivity (Wildman–Crippen MR) is 217 cm³/mol. The van der Waals surface area contributed by atoms with Crippen molar-refractivity contribution >= 4 is 47.8 Å². The van der Waals surface area contributed by atoms with Crippen molar-refractivity contribution < 1.29 is 110 Å². The van der Waals surface area contributed by atoms with E-state index in [2.05, 4.69) is 0 Å². The number of ether oxygens (including phenoxy) is 14. The van der Waals surface area contributed by atoms with Gasteiger partial charge in [0.2, 0.25) is 0 Å². The Hall–Kier alpha value is -6.08. The average Bonchev–Trinajstić information content (AvgIpc) is 3.76. The standard InChI is InChI=1S/C44H52O23/c1-22(45)56-20-32(60-24(3)47)36-34(61-25(4)48)29(59-23(2)46)18-44(66-36,43(53)55-7)67-38-35(62-26(5)49)31(21-58-40(52)28-16-12-9-13-17-28)64-42(38)65-37-33(50)30(63-41(37)54-6)19-57-39(51)27-14-10-8-11-15-27/h8-17,29-38,41-42,50H,18-21H2,1-7H3/t29-,30-,31-,32+,33-,34+,35-,36+,37+,38+,41+,42-,44+/m1/s1. The molecule has 0 amide bonds. The summed E-state index contributed by atoms with van der Waals surface area (Å²) >= 11 is 0. The fourth-order valence-electron chi connectivity index (χ4n) is 7.47. The third-order valence-corrected chi connectivity index (χ3v) is 10.2. The summed E-state index contributed by atoms with van der Waals surface area (Å²) in [6.45, 7) is 3.17. The van der Waals surface area contributed by atoms with Gasteiger partial charge in [0.25, 0.3) is 5.79 Å². The lowest BCUT2D eigenvalue weighted by atomic mass is 9.91. The number of carbonyl (C=O) groups is 8. The molecule has 3 aliphatic rings. The van der Waals surface area contributed by atoms with Gasteiger partial charge in [0.15, 0.2) is 37.0 Å². The van der Waals surface area contributed by atoms with Gasteiger partial charge in [-0.3, -0.25) is 24.0 Å². The van der Waals surface area contributed by atoms with Gasteiger partial charge in [-0.25, -0.2) is 14.4 Å². The van der Waals surface area contributed by atoms with Crippen molar-refractivity contribution in [2.75, 3.05) is 34.0 Å². The molecule has 0 unspecified atom stereocenters. The Morgan fingerprint density at radius 2 is 1.18 bits per heavy atom. The van der Waals surface area contributed by atoms with E-state index >= 15 is 0 Å². The van der Waals surface area contributed by atoms with Crippen LogP contribution in [-0.4, -0.2) is 166 Å². The minimum atomic E-state index is -2.85. The zero-order valence-electron chi connectivity index (χ0n) is 37.5.